The van der Waals surface area contributed by atoms with Gasteiger partial charge in [-0.2, -0.15) is 0 Å². The van der Waals surface area contributed by atoms with E-state index in [1.807, 2.05) is 72.7 Å². The molecule has 0 aliphatic carbocycles. The van der Waals surface area contributed by atoms with Crippen LogP contribution >= 0.6 is 0 Å². The molecule has 6 heteroatoms. The Balaban J connectivity index is 1.56. The maximum atomic E-state index is 13.3. The number of aryl methyl sites for hydroxylation is 1. The van der Waals surface area contributed by atoms with Crippen LogP contribution in [0.4, 0.5) is 5.69 Å². The van der Waals surface area contributed by atoms with E-state index in [9.17, 15) is 9.59 Å². The summed E-state index contributed by atoms with van der Waals surface area (Å²) in [6.45, 7) is 7.14. The van der Waals surface area contributed by atoms with E-state index in [1.54, 1.807) is 0 Å². The van der Waals surface area contributed by atoms with Crippen LogP contribution in [0.5, 0.6) is 0 Å². The molecule has 2 heterocycles. The van der Waals surface area contributed by atoms with Gasteiger partial charge in [0.1, 0.15) is 12.4 Å². The zero-order chi connectivity index (χ0) is 22.0. The standard InChI is InChI=1S/C25H30N4O2/c1-25(2,3)24(31)26-15-14-22-27-19-11-5-7-13-21(19)29(22)17-23(30)28-16-8-10-18-9-4-6-12-20(18)28/h4-7,9,11-13H,8,10,14-17H2,1-3H3,(H,26,31). The molecule has 6 nitrogen and oxygen atoms in total. The molecule has 0 unspecified atom stereocenters. The van der Waals surface area contributed by atoms with Gasteiger partial charge in [0, 0.05) is 30.6 Å². The number of fused-ring (bicyclic) bond motifs is 2. The van der Waals surface area contributed by atoms with Crippen molar-refractivity contribution >= 4 is 28.5 Å². The lowest BCUT2D eigenvalue weighted by Gasteiger charge is -2.30. The van der Waals surface area contributed by atoms with Crippen LogP contribution in [-0.2, 0) is 29.0 Å². The number of aromatic nitrogens is 2. The van der Waals surface area contributed by atoms with Crippen molar-refractivity contribution in [2.24, 2.45) is 5.41 Å². The topological polar surface area (TPSA) is 67.2 Å². The van der Waals surface area contributed by atoms with Gasteiger partial charge in [0.25, 0.3) is 0 Å². The van der Waals surface area contributed by atoms with E-state index in [4.69, 9.17) is 4.98 Å². The van der Waals surface area contributed by atoms with Crippen molar-refractivity contribution in [3.63, 3.8) is 0 Å². The molecule has 0 saturated carbocycles. The Morgan fingerprint density at radius 3 is 2.61 bits per heavy atom. The first-order chi connectivity index (χ1) is 14.8. The van der Waals surface area contributed by atoms with Crippen LogP contribution in [0.3, 0.4) is 0 Å². The summed E-state index contributed by atoms with van der Waals surface area (Å²) in [5.41, 5.74) is 3.62. The van der Waals surface area contributed by atoms with Crippen LogP contribution < -0.4 is 10.2 Å². The predicted molar refractivity (Wildman–Crippen MR) is 123 cm³/mol. The molecule has 2 aromatic carbocycles. The van der Waals surface area contributed by atoms with Crippen molar-refractivity contribution in [2.45, 2.75) is 46.6 Å². The van der Waals surface area contributed by atoms with Crippen molar-refractivity contribution < 1.29 is 9.59 Å². The Labute approximate surface area is 183 Å². The van der Waals surface area contributed by atoms with Crippen LogP contribution in [0.15, 0.2) is 48.5 Å². The highest BCUT2D eigenvalue weighted by atomic mass is 16.2. The van der Waals surface area contributed by atoms with Gasteiger partial charge in [0.15, 0.2) is 0 Å². The van der Waals surface area contributed by atoms with E-state index < -0.39 is 5.41 Å². The molecular weight excluding hydrogens is 388 g/mol. The van der Waals surface area contributed by atoms with Gasteiger partial charge < -0.3 is 14.8 Å². The number of amides is 2. The molecular formula is C25H30N4O2. The number of hydrogen-bond acceptors (Lipinski definition) is 3. The summed E-state index contributed by atoms with van der Waals surface area (Å²) >= 11 is 0. The second-order valence-corrected chi connectivity index (χ2v) is 9.14. The number of hydrogen-bond donors (Lipinski definition) is 1. The molecule has 3 aromatic rings. The summed E-state index contributed by atoms with van der Waals surface area (Å²) in [6.07, 6.45) is 2.55. The van der Waals surface area contributed by atoms with Crippen molar-refractivity contribution in [3.05, 3.63) is 59.9 Å². The lowest BCUT2D eigenvalue weighted by Crippen LogP contribution is -2.38. The molecule has 31 heavy (non-hydrogen) atoms. The molecule has 0 saturated heterocycles. The molecule has 1 N–H and O–H groups in total. The lowest BCUT2D eigenvalue weighted by atomic mass is 9.96. The third kappa shape index (κ3) is 4.48. The molecule has 162 valence electrons. The van der Waals surface area contributed by atoms with Crippen LogP contribution in [0.2, 0.25) is 0 Å². The molecule has 1 aliphatic heterocycles. The first-order valence-electron chi connectivity index (χ1n) is 11.0. The van der Waals surface area contributed by atoms with Crippen LogP contribution in [0.1, 0.15) is 38.6 Å². The fraction of sp³-hybridized carbons (Fsp3) is 0.400. The highest BCUT2D eigenvalue weighted by Gasteiger charge is 2.24. The Bertz CT molecular complexity index is 1110. The third-order valence-corrected chi connectivity index (χ3v) is 5.75. The zero-order valence-electron chi connectivity index (χ0n) is 18.5. The molecule has 1 aromatic heterocycles. The zero-order valence-corrected chi connectivity index (χ0v) is 18.5. The predicted octanol–water partition coefficient (Wildman–Crippen LogP) is 3.72. The molecule has 0 spiro atoms. The van der Waals surface area contributed by atoms with Gasteiger partial charge in [-0.15, -0.1) is 0 Å². The van der Waals surface area contributed by atoms with Gasteiger partial charge in [-0.25, -0.2) is 4.98 Å². The average Bonchev–Trinajstić information content (AvgIpc) is 3.10. The quantitative estimate of drug-likeness (QED) is 0.687. The summed E-state index contributed by atoms with van der Waals surface area (Å²) in [4.78, 5) is 32.2. The number of carbonyl (C=O) groups is 2. The fourth-order valence-electron chi connectivity index (χ4n) is 4.06. The maximum absolute atomic E-state index is 13.3. The largest absolute Gasteiger partial charge is 0.355 e. The van der Waals surface area contributed by atoms with Gasteiger partial charge in [-0.05, 0) is 36.6 Å². The van der Waals surface area contributed by atoms with E-state index in [2.05, 4.69) is 11.4 Å². The number of nitrogens with one attached hydrogen (secondary N) is 1. The smallest absolute Gasteiger partial charge is 0.246 e. The highest BCUT2D eigenvalue weighted by Crippen LogP contribution is 2.27. The molecule has 0 bridgehead atoms. The first-order valence-corrected chi connectivity index (χ1v) is 11.0. The first kappa shape index (κ1) is 21.1. The van der Waals surface area contributed by atoms with Crippen LogP contribution in [0, 0.1) is 5.41 Å². The molecule has 0 radical (unpaired) electrons. The molecule has 0 atom stereocenters. The minimum Gasteiger partial charge on any atom is -0.355 e. The normalized spacial score (nSPS) is 13.8. The van der Waals surface area contributed by atoms with E-state index in [1.165, 1.54) is 5.56 Å². The van der Waals surface area contributed by atoms with E-state index >= 15 is 0 Å². The number of anilines is 1. The number of para-hydroxylation sites is 3. The molecule has 1 aliphatic rings. The fourth-order valence-corrected chi connectivity index (χ4v) is 4.06. The Kier molecular flexibility index (Phi) is 5.81. The van der Waals surface area contributed by atoms with E-state index in [-0.39, 0.29) is 18.4 Å². The number of benzene rings is 2. The maximum Gasteiger partial charge on any atom is 0.246 e. The van der Waals surface area contributed by atoms with Gasteiger partial charge in [0.05, 0.1) is 11.0 Å². The second-order valence-electron chi connectivity index (χ2n) is 9.14. The average molecular weight is 419 g/mol. The van der Waals surface area contributed by atoms with Gasteiger partial charge >= 0.3 is 0 Å². The van der Waals surface area contributed by atoms with Crippen molar-refractivity contribution in [3.8, 4) is 0 Å². The number of imidazole rings is 1. The van der Waals surface area contributed by atoms with Crippen molar-refractivity contribution in [1.29, 1.82) is 0 Å². The van der Waals surface area contributed by atoms with Crippen molar-refractivity contribution in [1.82, 2.24) is 14.9 Å². The summed E-state index contributed by atoms with van der Waals surface area (Å²) < 4.78 is 2.00. The minimum absolute atomic E-state index is 0.0103. The summed E-state index contributed by atoms with van der Waals surface area (Å²) in [5, 5.41) is 2.98. The van der Waals surface area contributed by atoms with Gasteiger partial charge in [0.2, 0.25) is 11.8 Å². The molecule has 0 fully saturated rings. The van der Waals surface area contributed by atoms with E-state index in [0.29, 0.717) is 13.0 Å². The number of rotatable bonds is 5. The summed E-state index contributed by atoms with van der Waals surface area (Å²) in [6, 6.07) is 16.0. The van der Waals surface area contributed by atoms with E-state index in [0.717, 1.165) is 41.9 Å². The van der Waals surface area contributed by atoms with Gasteiger partial charge in [-0.3, -0.25) is 9.59 Å². The lowest BCUT2D eigenvalue weighted by molar-refractivity contribution is -0.128. The molecule has 2 amide bonds. The Morgan fingerprint density at radius 2 is 1.81 bits per heavy atom. The Morgan fingerprint density at radius 1 is 1.06 bits per heavy atom. The SMILES string of the molecule is CC(C)(C)C(=O)NCCc1nc2ccccc2n1CC(=O)N1CCCc2ccccc21. The van der Waals surface area contributed by atoms with Crippen molar-refractivity contribution in [2.75, 3.05) is 18.0 Å². The van der Waals surface area contributed by atoms with Crippen LogP contribution in [0.25, 0.3) is 11.0 Å². The third-order valence-electron chi connectivity index (χ3n) is 5.75. The monoisotopic (exact) mass is 418 g/mol. The highest BCUT2D eigenvalue weighted by molar-refractivity contribution is 5.95. The minimum atomic E-state index is -0.433. The number of carbonyl (C=O) groups excluding carboxylic acids is 2. The summed E-state index contributed by atoms with van der Waals surface area (Å²) in [7, 11) is 0. The second kappa shape index (κ2) is 8.53. The van der Waals surface area contributed by atoms with Crippen LogP contribution in [-0.4, -0.2) is 34.5 Å². The van der Waals surface area contributed by atoms with Gasteiger partial charge in [-0.1, -0.05) is 51.1 Å². The number of nitrogens with zero attached hydrogens (tertiary/aromatic N) is 3. The Hall–Kier alpha value is -3.15. The summed E-state index contributed by atoms with van der Waals surface area (Å²) in [5.74, 6) is 0.889. The molecule has 4 rings (SSSR count).